The molecule has 0 spiro atoms. The van der Waals surface area contributed by atoms with Crippen molar-refractivity contribution in [2.45, 2.75) is 12.0 Å². The first kappa shape index (κ1) is 14.5. The standard InChI is InChI=1S/C14H14BrClN2O/c15-9-4-5-10(12(16)7-9)14(19)11(8-17)13-3-1-2-6-18-13/h1-7,11,14,19H,8,17H2. The molecular weight excluding hydrogens is 328 g/mol. The summed E-state index contributed by atoms with van der Waals surface area (Å²) in [5.41, 5.74) is 7.19. The lowest BCUT2D eigenvalue weighted by Gasteiger charge is -2.22. The van der Waals surface area contributed by atoms with Crippen LogP contribution in [-0.2, 0) is 0 Å². The topological polar surface area (TPSA) is 59.1 Å². The summed E-state index contributed by atoms with van der Waals surface area (Å²) in [5, 5.41) is 11.0. The maximum Gasteiger partial charge on any atom is 0.0900 e. The second kappa shape index (κ2) is 6.48. The molecule has 0 bridgehead atoms. The second-order valence-electron chi connectivity index (χ2n) is 4.21. The Balaban J connectivity index is 2.33. The lowest BCUT2D eigenvalue weighted by Crippen LogP contribution is -2.21. The van der Waals surface area contributed by atoms with Gasteiger partial charge < -0.3 is 10.8 Å². The summed E-state index contributed by atoms with van der Waals surface area (Å²) in [4.78, 5) is 4.25. The third-order valence-corrected chi connectivity index (χ3v) is 3.80. The fraction of sp³-hybridized carbons (Fsp3) is 0.214. The maximum absolute atomic E-state index is 10.5. The van der Waals surface area contributed by atoms with Crippen molar-refractivity contribution in [3.63, 3.8) is 0 Å². The summed E-state index contributed by atoms with van der Waals surface area (Å²) in [6.07, 6.45) is 0.911. The molecule has 2 atom stereocenters. The summed E-state index contributed by atoms with van der Waals surface area (Å²) < 4.78 is 0.871. The molecule has 3 nitrogen and oxygen atoms in total. The fourth-order valence-corrected chi connectivity index (χ4v) is 2.75. The van der Waals surface area contributed by atoms with Crippen LogP contribution in [0.5, 0.6) is 0 Å². The molecule has 19 heavy (non-hydrogen) atoms. The van der Waals surface area contributed by atoms with Gasteiger partial charge in [-0.1, -0.05) is 39.7 Å². The molecule has 2 rings (SSSR count). The highest BCUT2D eigenvalue weighted by Gasteiger charge is 2.24. The monoisotopic (exact) mass is 340 g/mol. The molecule has 0 aliphatic carbocycles. The van der Waals surface area contributed by atoms with E-state index < -0.39 is 6.10 Å². The Morgan fingerprint density at radius 3 is 2.68 bits per heavy atom. The lowest BCUT2D eigenvalue weighted by atomic mass is 9.92. The molecule has 1 heterocycles. The van der Waals surface area contributed by atoms with Crippen molar-refractivity contribution in [1.82, 2.24) is 4.98 Å². The highest BCUT2D eigenvalue weighted by molar-refractivity contribution is 9.10. The zero-order chi connectivity index (χ0) is 13.8. The minimum absolute atomic E-state index is 0.278. The van der Waals surface area contributed by atoms with Crippen LogP contribution in [0.1, 0.15) is 23.3 Å². The Morgan fingerprint density at radius 1 is 1.32 bits per heavy atom. The van der Waals surface area contributed by atoms with Gasteiger partial charge >= 0.3 is 0 Å². The van der Waals surface area contributed by atoms with Gasteiger partial charge in [-0.2, -0.15) is 0 Å². The number of nitrogens with zero attached hydrogens (tertiary/aromatic N) is 1. The SMILES string of the molecule is NCC(c1ccccn1)C(O)c1ccc(Br)cc1Cl. The van der Waals surface area contributed by atoms with Gasteiger partial charge in [0.15, 0.2) is 0 Å². The molecule has 5 heteroatoms. The molecule has 0 amide bonds. The van der Waals surface area contributed by atoms with Crippen LogP contribution in [0.15, 0.2) is 47.1 Å². The summed E-state index contributed by atoms with van der Waals surface area (Å²) in [5.74, 6) is -0.278. The van der Waals surface area contributed by atoms with Crippen molar-refractivity contribution in [1.29, 1.82) is 0 Å². The Labute approximate surface area is 125 Å². The van der Waals surface area contributed by atoms with E-state index >= 15 is 0 Å². The van der Waals surface area contributed by atoms with Crippen molar-refractivity contribution in [2.24, 2.45) is 5.73 Å². The van der Waals surface area contributed by atoms with Gasteiger partial charge in [0.1, 0.15) is 0 Å². The van der Waals surface area contributed by atoms with Gasteiger partial charge in [-0.25, -0.2) is 0 Å². The number of aliphatic hydroxyl groups is 1. The number of pyridine rings is 1. The Morgan fingerprint density at radius 2 is 2.11 bits per heavy atom. The van der Waals surface area contributed by atoms with Gasteiger partial charge in [0.25, 0.3) is 0 Å². The van der Waals surface area contributed by atoms with Crippen molar-refractivity contribution < 1.29 is 5.11 Å². The smallest absolute Gasteiger partial charge is 0.0900 e. The average Bonchev–Trinajstić information content (AvgIpc) is 2.40. The second-order valence-corrected chi connectivity index (χ2v) is 5.53. The van der Waals surface area contributed by atoms with Crippen LogP contribution in [-0.4, -0.2) is 16.6 Å². The van der Waals surface area contributed by atoms with Gasteiger partial charge in [-0.05, 0) is 29.8 Å². The van der Waals surface area contributed by atoms with Crippen LogP contribution in [0.3, 0.4) is 0 Å². The van der Waals surface area contributed by atoms with E-state index in [-0.39, 0.29) is 5.92 Å². The van der Waals surface area contributed by atoms with Gasteiger partial charge in [-0.15, -0.1) is 0 Å². The number of benzene rings is 1. The molecule has 0 aliphatic rings. The predicted molar refractivity (Wildman–Crippen MR) is 80.1 cm³/mol. The van der Waals surface area contributed by atoms with Gasteiger partial charge in [0, 0.05) is 33.8 Å². The molecule has 3 N–H and O–H groups in total. The third-order valence-electron chi connectivity index (χ3n) is 2.98. The van der Waals surface area contributed by atoms with Crippen LogP contribution >= 0.6 is 27.5 Å². The van der Waals surface area contributed by atoms with E-state index in [1.165, 1.54) is 0 Å². The number of hydrogen-bond acceptors (Lipinski definition) is 3. The average molecular weight is 342 g/mol. The molecule has 1 aromatic heterocycles. The fourth-order valence-electron chi connectivity index (χ4n) is 1.96. The number of rotatable bonds is 4. The molecule has 100 valence electrons. The molecule has 2 unspecified atom stereocenters. The summed E-state index contributed by atoms with van der Waals surface area (Å²) >= 11 is 9.50. The minimum atomic E-state index is -0.777. The molecular formula is C14H14BrClN2O. The number of hydrogen-bond donors (Lipinski definition) is 2. The van der Waals surface area contributed by atoms with Gasteiger partial charge in [0.2, 0.25) is 0 Å². The van der Waals surface area contributed by atoms with Crippen molar-refractivity contribution in [3.8, 4) is 0 Å². The normalized spacial score (nSPS) is 14.1. The van der Waals surface area contributed by atoms with E-state index in [4.69, 9.17) is 17.3 Å². The van der Waals surface area contributed by atoms with Gasteiger partial charge in [0.05, 0.1) is 6.10 Å². The molecule has 2 aromatic rings. The third kappa shape index (κ3) is 3.34. The summed E-state index contributed by atoms with van der Waals surface area (Å²) in [7, 11) is 0. The van der Waals surface area contributed by atoms with E-state index in [1.807, 2.05) is 24.3 Å². The van der Waals surface area contributed by atoms with Crippen molar-refractivity contribution >= 4 is 27.5 Å². The van der Waals surface area contributed by atoms with E-state index in [9.17, 15) is 5.11 Å². The molecule has 0 saturated heterocycles. The first-order valence-corrected chi connectivity index (χ1v) is 7.04. The highest BCUT2D eigenvalue weighted by atomic mass is 79.9. The van der Waals surface area contributed by atoms with E-state index in [2.05, 4.69) is 20.9 Å². The zero-order valence-electron chi connectivity index (χ0n) is 10.1. The van der Waals surface area contributed by atoms with Crippen LogP contribution in [0.2, 0.25) is 5.02 Å². The maximum atomic E-state index is 10.5. The molecule has 0 radical (unpaired) electrons. The van der Waals surface area contributed by atoms with Crippen LogP contribution in [0.4, 0.5) is 0 Å². The van der Waals surface area contributed by atoms with Gasteiger partial charge in [-0.3, -0.25) is 4.98 Å². The number of aliphatic hydroxyl groups excluding tert-OH is 1. The van der Waals surface area contributed by atoms with Crippen molar-refractivity contribution in [2.75, 3.05) is 6.54 Å². The molecule has 0 aliphatic heterocycles. The number of halogens is 2. The summed E-state index contributed by atoms with van der Waals surface area (Å²) in [6.45, 7) is 0.296. The minimum Gasteiger partial charge on any atom is -0.388 e. The van der Waals surface area contributed by atoms with Crippen molar-refractivity contribution in [3.05, 3.63) is 63.3 Å². The van der Waals surface area contributed by atoms with E-state index in [1.54, 1.807) is 18.3 Å². The van der Waals surface area contributed by atoms with E-state index in [0.29, 0.717) is 17.1 Å². The molecule has 0 saturated carbocycles. The largest absolute Gasteiger partial charge is 0.388 e. The number of nitrogens with two attached hydrogens (primary N) is 1. The summed E-state index contributed by atoms with van der Waals surface area (Å²) in [6, 6.07) is 11.0. The van der Waals surface area contributed by atoms with Crippen LogP contribution < -0.4 is 5.73 Å². The number of aromatic nitrogens is 1. The quantitative estimate of drug-likeness (QED) is 0.897. The van der Waals surface area contributed by atoms with Crippen LogP contribution in [0.25, 0.3) is 0 Å². The first-order valence-electron chi connectivity index (χ1n) is 5.87. The predicted octanol–water partition coefficient (Wildman–Crippen LogP) is 3.27. The Bertz CT molecular complexity index is 550. The molecule has 1 aromatic carbocycles. The molecule has 0 fully saturated rings. The van der Waals surface area contributed by atoms with Crippen LogP contribution in [0, 0.1) is 0 Å². The Kier molecular flexibility index (Phi) is 4.93. The lowest BCUT2D eigenvalue weighted by molar-refractivity contribution is 0.146. The highest BCUT2D eigenvalue weighted by Crippen LogP contribution is 2.34. The first-order chi connectivity index (χ1) is 9.13. The van der Waals surface area contributed by atoms with E-state index in [0.717, 1.165) is 10.2 Å². The zero-order valence-corrected chi connectivity index (χ0v) is 12.5. The Hall–Kier alpha value is -0.940.